The predicted octanol–water partition coefficient (Wildman–Crippen LogP) is 2.32. The van der Waals surface area contributed by atoms with Crippen molar-refractivity contribution in [3.05, 3.63) is 18.3 Å². The molecule has 5 nitrogen and oxygen atoms in total. The topological polar surface area (TPSA) is 61.7 Å². The summed E-state index contributed by atoms with van der Waals surface area (Å²) >= 11 is 0. The van der Waals surface area contributed by atoms with Gasteiger partial charge in [-0.25, -0.2) is 9.97 Å². The van der Waals surface area contributed by atoms with Crippen molar-refractivity contribution < 1.29 is 0 Å². The van der Waals surface area contributed by atoms with Gasteiger partial charge in [0.15, 0.2) is 0 Å². The molecule has 2 N–H and O–H groups in total. The molecule has 2 heterocycles. The number of nitrogens with two attached hydrogens (primary N) is 1. The molecule has 5 heteroatoms. The summed E-state index contributed by atoms with van der Waals surface area (Å²) in [5.74, 6) is 2.49. The number of imidazole rings is 2. The van der Waals surface area contributed by atoms with Gasteiger partial charge in [-0.15, -0.1) is 0 Å². The largest absolute Gasteiger partial charge is 0.383 e. The average molecular weight is 245 g/mol. The van der Waals surface area contributed by atoms with Gasteiger partial charge in [0, 0.05) is 19.0 Å². The molecule has 1 aliphatic rings. The fraction of sp³-hybridized carbons (Fsp3) is 0.538. The summed E-state index contributed by atoms with van der Waals surface area (Å²) in [7, 11) is 1.97. The van der Waals surface area contributed by atoms with E-state index in [1.165, 1.54) is 12.8 Å². The number of rotatable bonds is 3. The highest BCUT2D eigenvalue weighted by Crippen LogP contribution is 2.43. The van der Waals surface area contributed by atoms with Crippen molar-refractivity contribution in [1.29, 1.82) is 0 Å². The van der Waals surface area contributed by atoms with Crippen molar-refractivity contribution in [2.24, 2.45) is 7.05 Å². The zero-order valence-electron chi connectivity index (χ0n) is 11.1. The molecule has 1 aliphatic carbocycles. The Balaban J connectivity index is 2.16. The number of hydrogen-bond acceptors (Lipinski definition) is 3. The van der Waals surface area contributed by atoms with Crippen LogP contribution in [0.5, 0.6) is 0 Å². The first-order chi connectivity index (χ1) is 8.59. The molecule has 0 unspecified atom stereocenters. The minimum absolute atomic E-state index is 0.343. The van der Waals surface area contributed by atoms with Gasteiger partial charge in [0.1, 0.15) is 17.3 Å². The molecule has 96 valence electrons. The van der Waals surface area contributed by atoms with Gasteiger partial charge in [-0.05, 0) is 26.7 Å². The highest BCUT2D eigenvalue weighted by Gasteiger charge is 2.32. The van der Waals surface area contributed by atoms with Crippen molar-refractivity contribution in [3.8, 4) is 11.4 Å². The Hall–Kier alpha value is -1.78. The molecule has 1 fully saturated rings. The molecule has 0 atom stereocenters. The van der Waals surface area contributed by atoms with Crippen LogP contribution >= 0.6 is 0 Å². The highest BCUT2D eigenvalue weighted by atomic mass is 15.2. The zero-order chi connectivity index (χ0) is 12.9. The second-order valence-corrected chi connectivity index (χ2v) is 5.33. The minimum Gasteiger partial charge on any atom is -0.383 e. The van der Waals surface area contributed by atoms with Crippen molar-refractivity contribution in [2.75, 3.05) is 5.73 Å². The van der Waals surface area contributed by atoms with Crippen LogP contribution in [0, 0.1) is 0 Å². The van der Waals surface area contributed by atoms with Gasteiger partial charge in [0.25, 0.3) is 0 Å². The van der Waals surface area contributed by atoms with Crippen molar-refractivity contribution >= 4 is 5.82 Å². The van der Waals surface area contributed by atoms with E-state index in [-0.39, 0.29) is 0 Å². The van der Waals surface area contributed by atoms with E-state index in [2.05, 4.69) is 23.4 Å². The van der Waals surface area contributed by atoms with E-state index in [1.54, 1.807) is 6.33 Å². The summed E-state index contributed by atoms with van der Waals surface area (Å²) in [6, 6.07) is 0.343. The van der Waals surface area contributed by atoms with Crippen LogP contribution in [0.4, 0.5) is 5.82 Å². The van der Waals surface area contributed by atoms with E-state index in [9.17, 15) is 0 Å². The van der Waals surface area contributed by atoms with Gasteiger partial charge in [0.2, 0.25) is 0 Å². The molecule has 3 rings (SSSR count). The third kappa shape index (κ3) is 1.62. The van der Waals surface area contributed by atoms with E-state index >= 15 is 0 Å². The Bertz CT molecular complexity index is 574. The second kappa shape index (κ2) is 3.86. The molecule has 0 spiro atoms. The monoisotopic (exact) mass is 245 g/mol. The van der Waals surface area contributed by atoms with Crippen LogP contribution in [-0.4, -0.2) is 19.1 Å². The Labute approximate surface area is 107 Å². The normalized spacial score (nSPS) is 15.6. The molecule has 0 amide bonds. The Morgan fingerprint density at radius 1 is 1.39 bits per heavy atom. The fourth-order valence-corrected chi connectivity index (χ4v) is 2.41. The van der Waals surface area contributed by atoms with Crippen LogP contribution in [0.25, 0.3) is 11.4 Å². The third-order valence-electron chi connectivity index (χ3n) is 3.49. The quantitative estimate of drug-likeness (QED) is 0.902. The summed E-state index contributed by atoms with van der Waals surface area (Å²) in [5.41, 5.74) is 8.14. The summed E-state index contributed by atoms with van der Waals surface area (Å²) in [6.45, 7) is 4.30. The molecular weight excluding hydrogens is 226 g/mol. The molecule has 2 aromatic rings. The summed E-state index contributed by atoms with van der Waals surface area (Å²) in [4.78, 5) is 8.92. The van der Waals surface area contributed by atoms with Crippen LogP contribution in [0.3, 0.4) is 0 Å². The van der Waals surface area contributed by atoms with Gasteiger partial charge in [-0.1, -0.05) is 0 Å². The molecule has 2 aromatic heterocycles. The van der Waals surface area contributed by atoms with Crippen molar-refractivity contribution in [2.45, 2.75) is 38.6 Å². The maximum absolute atomic E-state index is 6.29. The summed E-state index contributed by atoms with van der Waals surface area (Å²) < 4.78 is 4.13. The zero-order valence-corrected chi connectivity index (χ0v) is 11.1. The number of hydrogen-bond donors (Lipinski definition) is 1. The van der Waals surface area contributed by atoms with E-state index < -0.39 is 0 Å². The molecule has 0 saturated heterocycles. The third-order valence-corrected chi connectivity index (χ3v) is 3.49. The van der Waals surface area contributed by atoms with Gasteiger partial charge < -0.3 is 14.9 Å². The standard InChI is InChI=1S/C13H19N5/c1-8(2)18-12(14)11(10-6-15-7-17(10)3)16-13(18)9-4-5-9/h6-9H,4-5,14H2,1-3H3. The number of nitrogens with zero attached hydrogens (tertiary/aromatic N) is 4. The summed E-state index contributed by atoms with van der Waals surface area (Å²) in [5, 5.41) is 0. The fourth-order valence-electron chi connectivity index (χ4n) is 2.41. The van der Waals surface area contributed by atoms with Crippen LogP contribution in [0.2, 0.25) is 0 Å². The summed E-state index contributed by atoms with van der Waals surface area (Å²) in [6.07, 6.45) is 6.06. The van der Waals surface area contributed by atoms with Crippen LogP contribution < -0.4 is 5.73 Å². The van der Waals surface area contributed by atoms with Gasteiger partial charge in [-0.2, -0.15) is 0 Å². The van der Waals surface area contributed by atoms with Gasteiger partial charge >= 0.3 is 0 Å². The Kier molecular flexibility index (Phi) is 2.43. The SMILES string of the molecule is CC(C)n1c(C2CC2)nc(-c2cncn2C)c1N. The number of anilines is 1. The lowest BCUT2D eigenvalue weighted by atomic mass is 10.3. The van der Waals surface area contributed by atoms with Crippen molar-refractivity contribution in [3.63, 3.8) is 0 Å². The Morgan fingerprint density at radius 3 is 2.61 bits per heavy atom. The lowest BCUT2D eigenvalue weighted by Gasteiger charge is -2.13. The van der Waals surface area contributed by atoms with Gasteiger partial charge in [-0.3, -0.25) is 0 Å². The number of nitrogen functional groups attached to an aromatic ring is 1. The smallest absolute Gasteiger partial charge is 0.133 e. The number of aryl methyl sites for hydroxylation is 1. The van der Waals surface area contributed by atoms with Gasteiger partial charge in [0.05, 0.1) is 18.2 Å². The Morgan fingerprint density at radius 2 is 2.11 bits per heavy atom. The lowest BCUT2D eigenvalue weighted by molar-refractivity contribution is 0.576. The highest BCUT2D eigenvalue weighted by molar-refractivity contribution is 5.68. The predicted molar refractivity (Wildman–Crippen MR) is 71.2 cm³/mol. The maximum Gasteiger partial charge on any atom is 0.133 e. The molecular formula is C13H19N5. The van der Waals surface area contributed by atoms with E-state index in [4.69, 9.17) is 10.7 Å². The van der Waals surface area contributed by atoms with Crippen LogP contribution in [0.1, 0.15) is 44.5 Å². The lowest BCUT2D eigenvalue weighted by Crippen LogP contribution is -2.09. The minimum atomic E-state index is 0.343. The first-order valence-electron chi connectivity index (χ1n) is 6.44. The van der Waals surface area contributed by atoms with Crippen LogP contribution in [0.15, 0.2) is 12.5 Å². The molecule has 0 radical (unpaired) electrons. The maximum atomic E-state index is 6.29. The molecule has 0 aliphatic heterocycles. The first kappa shape index (κ1) is 11.3. The average Bonchev–Trinajstić information content (AvgIpc) is 2.98. The van der Waals surface area contributed by atoms with Crippen LogP contribution in [-0.2, 0) is 7.05 Å². The van der Waals surface area contributed by atoms with Crippen molar-refractivity contribution in [1.82, 2.24) is 19.1 Å². The molecule has 0 aromatic carbocycles. The second-order valence-electron chi connectivity index (χ2n) is 5.33. The van der Waals surface area contributed by atoms with E-state index in [0.717, 1.165) is 23.0 Å². The molecule has 0 bridgehead atoms. The number of aromatic nitrogens is 4. The first-order valence-corrected chi connectivity index (χ1v) is 6.44. The van der Waals surface area contributed by atoms with E-state index in [1.807, 2.05) is 17.8 Å². The molecule has 18 heavy (non-hydrogen) atoms. The molecule has 1 saturated carbocycles. The van der Waals surface area contributed by atoms with E-state index in [0.29, 0.717) is 12.0 Å².